The van der Waals surface area contributed by atoms with Gasteiger partial charge in [0.2, 0.25) is 5.88 Å². The molecule has 1 aromatic heterocycles. The number of likely N-dealkylation sites (N-methyl/N-ethyl adjacent to an activating group) is 1. The normalized spacial score (nSPS) is 21.7. The second-order valence-corrected chi connectivity index (χ2v) is 6.80. The molecular weight excluding hydrogens is 302 g/mol. The van der Waals surface area contributed by atoms with Crippen molar-refractivity contribution in [3.05, 3.63) is 22.8 Å². The lowest BCUT2D eigenvalue weighted by atomic mass is 10.1. The van der Waals surface area contributed by atoms with Gasteiger partial charge in [-0.25, -0.2) is 4.98 Å². The van der Waals surface area contributed by atoms with Gasteiger partial charge in [-0.05, 0) is 39.9 Å². The summed E-state index contributed by atoms with van der Waals surface area (Å²) >= 11 is 6.17. The number of amides is 1. The standard InChI is InChI=1S/C16H24ClN3O2/c1-10(2)22-15-13(17)6-12(7-18-15)16(21)20-8-11(3)14(9-20)19(4)5/h6-7,10-11,14H,8-9H2,1-5H3/t11-,14-/m0/s1. The summed E-state index contributed by atoms with van der Waals surface area (Å²) in [6, 6.07) is 2.03. The van der Waals surface area contributed by atoms with Gasteiger partial charge in [0.15, 0.2) is 0 Å². The van der Waals surface area contributed by atoms with E-state index in [1.165, 1.54) is 0 Å². The molecule has 0 N–H and O–H groups in total. The van der Waals surface area contributed by atoms with Gasteiger partial charge in [-0.15, -0.1) is 0 Å². The molecule has 1 saturated heterocycles. The van der Waals surface area contributed by atoms with Gasteiger partial charge in [-0.3, -0.25) is 4.79 Å². The predicted octanol–water partition coefficient (Wildman–Crippen LogP) is 2.54. The van der Waals surface area contributed by atoms with Crippen LogP contribution < -0.4 is 4.74 Å². The van der Waals surface area contributed by atoms with Crippen molar-refractivity contribution in [1.29, 1.82) is 0 Å². The summed E-state index contributed by atoms with van der Waals surface area (Å²) in [5, 5.41) is 0.371. The summed E-state index contributed by atoms with van der Waals surface area (Å²) in [5.41, 5.74) is 0.507. The fraction of sp³-hybridized carbons (Fsp3) is 0.625. The van der Waals surface area contributed by atoms with E-state index >= 15 is 0 Å². The first-order valence-corrected chi connectivity index (χ1v) is 7.95. The van der Waals surface area contributed by atoms with Crippen molar-refractivity contribution in [3.8, 4) is 5.88 Å². The lowest BCUT2D eigenvalue weighted by Crippen LogP contribution is -2.35. The van der Waals surface area contributed by atoms with Crippen LogP contribution in [0.3, 0.4) is 0 Å². The summed E-state index contributed by atoms with van der Waals surface area (Å²) in [6.07, 6.45) is 1.53. The summed E-state index contributed by atoms with van der Waals surface area (Å²) in [5.74, 6) is 0.793. The Morgan fingerprint density at radius 1 is 1.45 bits per heavy atom. The molecule has 0 bridgehead atoms. The van der Waals surface area contributed by atoms with Crippen LogP contribution >= 0.6 is 11.6 Å². The second-order valence-electron chi connectivity index (χ2n) is 6.40. The predicted molar refractivity (Wildman–Crippen MR) is 87.6 cm³/mol. The van der Waals surface area contributed by atoms with E-state index in [2.05, 4.69) is 16.8 Å². The van der Waals surface area contributed by atoms with Crippen LogP contribution in [0, 0.1) is 5.92 Å². The van der Waals surface area contributed by atoms with Crippen molar-refractivity contribution in [2.24, 2.45) is 5.92 Å². The highest BCUT2D eigenvalue weighted by Crippen LogP contribution is 2.26. The van der Waals surface area contributed by atoms with Crippen LogP contribution in [0.2, 0.25) is 5.02 Å². The molecule has 1 aliphatic rings. The van der Waals surface area contributed by atoms with Gasteiger partial charge in [0.05, 0.1) is 11.7 Å². The number of aromatic nitrogens is 1. The van der Waals surface area contributed by atoms with Crippen LogP contribution in [0.1, 0.15) is 31.1 Å². The fourth-order valence-electron chi connectivity index (χ4n) is 2.82. The Hall–Kier alpha value is -1.33. The lowest BCUT2D eigenvalue weighted by molar-refractivity contribution is 0.0781. The quantitative estimate of drug-likeness (QED) is 0.853. The van der Waals surface area contributed by atoms with E-state index in [1.54, 1.807) is 12.3 Å². The minimum Gasteiger partial charge on any atom is -0.474 e. The fourth-order valence-corrected chi connectivity index (χ4v) is 3.03. The number of nitrogens with zero attached hydrogens (tertiary/aromatic N) is 3. The van der Waals surface area contributed by atoms with Gasteiger partial charge in [0.1, 0.15) is 5.02 Å². The third-order valence-corrected chi connectivity index (χ3v) is 4.20. The zero-order valence-corrected chi connectivity index (χ0v) is 14.6. The molecule has 1 amide bonds. The van der Waals surface area contributed by atoms with E-state index in [0.717, 1.165) is 13.1 Å². The first kappa shape index (κ1) is 17.0. The molecule has 0 aromatic carbocycles. The maximum Gasteiger partial charge on any atom is 0.255 e. The van der Waals surface area contributed by atoms with E-state index < -0.39 is 0 Å². The SMILES string of the molecule is CC(C)Oc1ncc(C(=O)N2C[C@H](C)[C@@H](N(C)C)C2)cc1Cl. The Kier molecular flexibility index (Phi) is 5.29. The Bertz CT molecular complexity index is 548. The Morgan fingerprint density at radius 2 is 2.14 bits per heavy atom. The van der Waals surface area contributed by atoms with E-state index in [-0.39, 0.29) is 12.0 Å². The molecule has 1 aromatic rings. The van der Waals surface area contributed by atoms with Crippen LogP contribution in [-0.2, 0) is 0 Å². The molecule has 2 heterocycles. The number of ether oxygens (including phenoxy) is 1. The number of likely N-dealkylation sites (tertiary alicyclic amines) is 1. The van der Waals surface area contributed by atoms with Crippen LogP contribution in [-0.4, -0.2) is 60.0 Å². The molecule has 0 spiro atoms. The number of pyridine rings is 1. The van der Waals surface area contributed by atoms with Crippen molar-refractivity contribution in [2.45, 2.75) is 32.9 Å². The smallest absolute Gasteiger partial charge is 0.255 e. The molecule has 0 aliphatic carbocycles. The van der Waals surface area contributed by atoms with Gasteiger partial charge in [0.25, 0.3) is 5.91 Å². The van der Waals surface area contributed by atoms with Gasteiger partial charge < -0.3 is 14.5 Å². The lowest BCUT2D eigenvalue weighted by Gasteiger charge is -2.22. The molecule has 6 heteroatoms. The minimum atomic E-state index is -0.0262. The summed E-state index contributed by atoms with van der Waals surface area (Å²) in [6.45, 7) is 7.47. The highest BCUT2D eigenvalue weighted by atomic mass is 35.5. The molecule has 0 saturated carbocycles. The van der Waals surface area contributed by atoms with Crippen molar-refractivity contribution < 1.29 is 9.53 Å². The Morgan fingerprint density at radius 3 is 2.64 bits per heavy atom. The average Bonchev–Trinajstić information content (AvgIpc) is 2.82. The first-order chi connectivity index (χ1) is 10.3. The molecule has 0 radical (unpaired) electrons. The zero-order chi connectivity index (χ0) is 16.4. The van der Waals surface area contributed by atoms with Crippen LogP contribution in [0.25, 0.3) is 0 Å². The zero-order valence-electron chi connectivity index (χ0n) is 13.8. The molecule has 2 atom stereocenters. The summed E-state index contributed by atoms with van der Waals surface area (Å²) < 4.78 is 5.50. The number of hydrogen-bond acceptors (Lipinski definition) is 4. The van der Waals surface area contributed by atoms with E-state index in [4.69, 9.17) is 16.3 Å². The van der Waals surface area contributed by atoms with Crippen molar-refractivity contribution in [3.63, 3.8) is 0 Å². The monoisotopic (exact) mass is 325 g/mol. The van der Waals surface area contributed by atoms with E-state index in [9.17, 15) is 4.79 Å². The molecule has 0 unspecified atom stereocenters. The molecular formula is C16H24ClN3O2. The maximum absolute atomic E-state index is 12.6. The van der Waals surface area contributed by atoms with Gasteiger partial charge in [-0.2, -0.15) is 0 Å². The van der Waals surface area contributed by atoms with Gasteiger partial charge in [-0.1, -0.05) is 18.5 Å². The molecule has 5 nitrogen and oxygen atoms in total. The summed E-state index contributed by atoms with van der Waals surface area (Å²) in [4.78, 5) is 20.8. The molecule has 22 heavy (non-hydrogen) atoms. The highest BCUT2D eigenvalue weighted by molar-refractivity contribution is 6.32. The van der Waals surface area contributed by atoms with Crippen molar-refractivity contribution in [1.82, 2.24) is 14.8 Å². The van der Waals surface area contributed by atoms with Gasteiger partial charge >= 0.3 is 0 Å². The third kappa shape index (κ3) is 3.70. The average molecular weight is 326 g/mol. The molecule has 1 aliphatic heterocycles. The minimum absolute atomic E-state index is 0.00756. The van der Waals surface area contributed by atoms with Gasteiger partial charge in [0, 0.05) is 25.3 Å². The van der Waals surface area contributed by atoms with E-state index in [0.29, 0.717) is 28.4 Å². The largest absolute Gasteiger partial charge is 0.474 e. The first-order valence-electron chi connectivity index (χ1n) is 7.57. The Labute approximate surface area is 137 Å². The Balaban J connectivity index is 2.12. The molecule has 2 rings (SSSR count). The maximum atomic E-state index is 12.6. The van der Waals surface area contributed by atoms with Crippen LogP contribution in [0.15, 0.2) is 12.3 Å². The van der Waals surface area contributed by atoms with Crippen LogP contribution in [0.5, 0.6) is 5.88 Å². The third-order valence-electron chi connectivity index (χ3n) is 3.92. The van der Waals surface area contributed by atoms with E-state index in [1.807, 2.05) is 32.8 Å². The topological polar surface area (TPSA) is 45.7 Å². The molecule has 122 valence electrons. The van der Waals surface area contributed by atoms with Crippen molar-refractivity contribution in [2.75, 3.05) is 27.2 Å². The number of carbonyl (C=O) groups is 1. The van der Waals surface area contributed by atoms with Crippen molar-refractivity contribution >= 4 is 17.5 Å². The number of rotatable bonds is 4. The number of hydrogen-bond donors (Lipinski definition) is 0. The number of halogens is 1. The second kappa shape index (κ2) is 6.84. The molecule has 1 fully saturated rings. The highest BCUT2D eigenvalue weighted by Gasteiger charge is 2.34. The van der Waals surface area contributed by atoms with Crippen LogP contribution in [0.4, 0.5) is 0 Å². The number of carbonyl (C=O) groups excluding carboxylic acids is 1. The summed E-state index contributed by atoms with van der Waals surface area (Å²) in [7, 11) is 4.09.